The Morgan fingerprint density at radius 2 is 1.90 bits per heavy atom. The van der Waals surface area contributed by atoms with E-state index in [1.54, 1.807) is 0 Å². The van der Waals surface area contributed by atoms with Crippen LogP contribution in [0.5, 0.6) is 0 Å². The zero-order valence-electron chi connectivity index (χ0n) is 15.6. The highest BCUT2D eigenvalue weighted by Gasteiger charge is 2.37. The van der Waals surface area contributed by atoms with Crippen LogP contribution in [0.15, 0.2) is 47.4 Å². The van der Waals surface area contributed by atoms with Crippen molar-refractivity contribution in [2.24, 2.45) is 0 Å². The molecule has 0 radical (unpaired) electrons. The molecule has 0 aliphatic carbocycles. The Kier molecular flexibility index (Phi) is 5.00. The SMILES string of the molecule is O=C1c2ccc(NS(=O)(=O)c3cccc([N+](=O)[O-])c3)cc2C(=O)N1CC1CCCO1. The van der Waals surface area contributed by atoms with Gasteiger partial charge in [-0.15, -0.1) is 0 Å². The molecular weight excluding hydrogens is 414 g/mol. The summed E-state index contributed by atoms with van der Waals surface area (Å²) >= 11 is 0. The first-order chi connectivity index (χ1) is 14.3. The van der Waals surface area contributed by atoms with Crippen LogP contribution in [0.25, 0.3) is 0 Å². The lowest BCUT2D eigenvalue weighted by Gasteiger charge is -2.17. The van der Waals surface area contributed by atoms with Crippen LogP contribution >= 0.6 is 0 Å². The van der Waals surface area contributed by atoms with Gasteiger partial charge in [-0.1, -0.05) is 6.07 Å². The van der Waals surface area contributed by atoms with E-state index in [-0.39, 0.29) is 40.0 Å². The van der Waals surface area contributed by atoms with E-state index in [2.05, 4.69) is 4.72 Å². The maximum atomic E-state index is 12.7. The van der Waals surface area contributed by atoms with Gasteiger partial charge in [0.1, 0.15) is 0 Å². The second-order valence-electron chi connectivity index (χ2n) is 6.98. The van der Waals surface area contributed by atoms with Crippen LogP contribution in [0.2, 0.25) is 0 Å². The highest BCUT2D eigenvalue weighted by Crippen LogP contribution is 2.29. The Labute approximate surface area is 171 Å². The van der Waals surface area contributed by atoms with Gasteiger partial charge in [0, 0.05) is 24.4 Å². The third-order valence-electron chi connectivity index (χ3n) is 4.97. The van der Waals surface area contributed by atoms with Crippen molar-refractivity contribution in [1.82, 2.24) is 4.90 Å². The van der Waals surface area contributed by atoms with Crippen molar-refractivity contribution in [2.45, 2.75) is 23.8 Å². The number of rotatable bonds is 6. The second-order valence-corrected chi connectivity index (χ2v) is 8.66. The predicted molar refractivity (Wildman–Crippen MR) is 105 cm³/mol. The molecule has 2 aliphatic rings. The number of nitro benzene ring substituents is 1. The number of imide groups is 1. The molecule has 1 fully saturated rings. The average Bonchev–Trinajstić information content (AvgIpc) is 3.31. The van der Waals surface area contributed by atoms with Gasteiger partial charge in [0.2, 0.25) is 0 Å². The molecule has 1 N–H and O–H groups in total. The zero-order valence-corrected chi connectivity index (χ0v) is 16.4. The largest absolute Gasteiger partial charge is 0.376 e. The van der Waals surface area contributed by atoms with E-state index in [1.165, 1.54) is 36.4 Å². The fraction of sp³-hybridized carbons (Fsp3) is 0.263. The number of hydrogen-bond acceptors (Lipinski definition) is 7. The molecule has 1 atom stereocenters. The van der Waals surface area contributed by atoms with Gasteiger partial charge in [-0.2, -0.15) is 0 Å². The number of anilines is 1. The summed E-state index contributed by atoms with van der Waals surface area (Å²) in [6.07, 6.45) is 1.44. The number of sulfonamides is 1. The van der Waals surface area contributed by atoms with Crippen molar-refractivity contribution in [1.29, 1.82) is 0 Å². The van der Waals surface area contributed by atoms with Crippen molar-refractivity contribution < 1.29 is 27.7 Å². The summed E-state index contributed by atoms with van der Waals surface area (Å²) in [5.41, 5.74) is -0.00807. The number of carbonyl (C=O) groups is 2. The number of hydrogen-bond donors (Lipinski definition) is 1. The van der Waals surface area contributed by atoms with Gasteiger partial charge >= 0.3 is 0 Å². The second kappa shape index (κ2) is 7.50. The number of nitro groups is 1. The topological polar surface area (TPSA) is 136 Å². The van der Waals surface area contributed by atoms with E-state index in [0.29, 0.717) is 6.61 Å². The summed E-state index contributed by atoms with van der Waals surface area (Å²) in [6, 6.07) is 8.65. The number of benzene rings is 2. The van der Waals surface area contributed by atoms with Crippen LogP contribution in [0, 0.1) is 10.1 Å². The molecule has 0 saturated carbocycles. The number of nitrogens with zero attached hydrogens (tertiary/aromatic N) is 2. The monoisotopic (exact) mass is 431 g/mol. The quantitative estimate of drug-likeness (QED) is 0.420. The molecule has 1 saturated heterocycles. The standard InChI is InChI=1S/C19H17N3O7S/c23-18-16-7-6-12(9-17(16)19(24)21(18)11-14-4-2-8-29-14)20-30(27,28)15-5-1-3-13(10-15)22(25)26/h1,3,5-7,9-10,14,20H,2,4,8,11H2. The number of nitrogens with one attached hydrogen (secondary N) is 1. The number of ether oxygens (including phenoxy) is 1. The molecule has 2 aromatic carbocycles. The Hall–Kier alpha value is -3.31. The summed E-state index contributed by atoms with van der Waals surface area (Å²) in [4.78, 5) is 36.3. The molecule has 2 aromatic rings. The van der Waals surface area contributed by atoms with Gasteiger partial charge in [-0.05, 0) is 37.1 Å². The molecule has 0 bridgehead atoms. The molecule has 4 rings (SSSR count). The van der Waals surface area contributed by atoms with E-state index < -0.39 is 26.8 Å². The van der Waals surface area contributed by atoms with E-state index in [4.69, 9.17) is 4.74 Å². The van der Waals surface area contributed by atoms with Gasteiger partial charge in [-0.25, -0.2) is 8.42 Å². The van der Waals surface area contributed by atoms with Crippen LogP contribution in [-0.2, 0) is 14.8 Å². The first kappa shape index (κ1) is 20.0. The van der Waals surface area contributed by atoms with Crippen LogP contribution in [0.1, 0.15) is 33.6 Å². The van der Waals surface area contributed by atoms with Crippen molar-refractivity contribution in [3.63, 3.8) is 0 Å². The molecule has 11 heteroatoms. The molecular formula is C19H17N3O7S. The highest BCUT2D eigenvalue weighted by atomic mass is 32.2. The lowest BCUT2D eigenvalue weighted by molar-refractivity contribution is -0.385. The number of non-ortho nitro benzene ring substituents is 1. The van der Waals surface area contributed by atoms with Crippen LogP contribution in [0.4, 0.5) is 11.4 Å². The Morgan fingerprint density at radius 1 is 1.13 bits per heavy atom. The van der Waals surface area contributed by atoms with E-state index in [1.807, 2.05) is 0 Å². The molecule has 1 unspecified atom stereocenters. The van der Waals surface area contributed by atoms with Crippen LogP contribution < -0.4 is 4.72 Å². The first-order valence-electron chi connectivity index (χ1n) is 9.15. The first-order valence-corrected chi connectivity index (χ1v) is 10.6. The van der Waals surface area contributed by atoms with E-state index in [0.717, 1.165) is 23.8 Å². The molecule has 0 spiro atoms. The van der Waals surface area contributed by atoms with Crippen molar-refractivity contribution in [3.05, 3.63) is 63.7 Å². The van der Waals surface area contributed by atoms with Gasteiger partial charge < -0.3 is 4.74 Å². The lowest BCUT2D eigenvalue weighted by atomic mass is 10.1. The molecule has 2 heterocycles. The van der Waals surface area contributed by atoms with Gasteiger partial charge in [-0.3, -0.25) is 29.3 Å². The van der Waals surface area contributed by atoms with Crippen LogP contribution in [-0.4, -0.2) is 49.3 Å². The molecule has 156 valence electrons. The predicted octanol–water partition coefficient (Wildman–Crippen LogP) is 2.17. The third-order valence-corrected chi connectivity index (χ3v) is 6.35. The highest BCUT2D eigenvalue weighted by molar-refractivity contribution is 7.92. The third kappa shape index (κ3) is 3.64. The van der Waals surface area contributed by atoms with Gasteiger partial charge in [0.15, 0.2) is 0 Å². The molecule has 10 nitrogen and oxygen atoms in total. The summed E-state index contributed by atoms with van der Waals surface area (Å²) in [5.74, 6) is -0.958. The Balaban J connectivity index is 1.57. The molecule has 2 aliphatic heterocycles. The fourth-order valence-corrected chi connectivity index (χ4v) is 4.58. The van der Waals surface area contributed by atoms with Crippen molar-refractivity contribution in [3.8, 4) is 0 Å². The van der Waals surface area contributed by atoms with Crippen LogP contribution in [0.3, 0.4) is 0 Å². The summed E-state index contributed by atoms with van der Waals surface area (Å²) < 4.78 is 33.0. The van der Waals surface area contributed by atoms with Gasteiger partial charge in [0.25, 0.3) is 27.5 Å². The maximum absolute atomic E-state index is 12.7. The van der Waals surface area contributed by atoms with Crippen molar-refractivity contribution in [2.75, 3.05) is 17.9 Å². The fourth-order valence-electron chi connectivity index (χ4n) is 3.49. The number of carbonyl (C=O) groups excluding carboxylic acids is 2. The number of fused-ring (bicyclic) bond motifs is 1. The minimum absolute atomic E-state index is 0.0698. The molecule has 0 aromatic heterocycles. The lowest BCUT2D eigenvalue weighted by Crippen LogP contribution is -2.36. The van der Waals surface area contributed by atoms with E-state index >= 15 is 0 Å². The maximum Gasteiger partial charge on any atom is 0.270 e. The van der Waals surface area contributed by atoms with Crippen molar-refractivity contribution >= 4 is 33.2 Å². The number of amides is 2. The van der Waals surface area contributed by atoms with E-state index in [9.17, 15) is 28.1 Å². The molecule has 30 heavy (non-hydrogen) atoms. The Bertz CT molecular complexity index is 1160. The smallest absolute Gasteiger partial charge is 0.270 e. The summed E-state index contributed by atoms with van der Waals surface area (Å²) in [5, 5.41) is 10.9. The summed E-state index contributed by atoms with van der Waals surface area (Å²) in [6.45, 7) is 0.749. The normalized spacial score (nSPS) is 18.5. The Morgan fingerprint density at radius 3 is 2.60 bits per heavy atom. The minimum Gasteiger partial charge on any atom is -0.376 e. The minimum atomic E-state index is -4.13. The van der Waals surface area contributed by atoms with Gasteiger partial charge in [0.05, 0.1) is 33.6 Å². The molecule has 2 amide bonds. The average molecular weight is 431 g/mol. The summed E-state index contributed by atoms with van der Waals surface area (Å²) in [7, 11) is -4.13. The zero-order chi connectivity index (χ0) is 21.5.